The molecule has 0 N–H and O–H groups in total. The number of ether oxygens (including phenoxy) is 1. The molecule has 188 valence electrons. The average Bonchev–Trinajstić information content (AvgIpc) is 3.48. The number of benzene rings is 1. The summed E-state index contributed by atoms with van der Waals surface area (Å²) in [4.78, 5) is 19.4. The van der Waals surface area contributed by atoms with Crippen LogP contribution in [0.25, 0.3) is 10.6 Å². The molecular formula is C25H30N3O5S2-. The second-order valence-corrected chi connectivity index (χ2v) is 11.4. The third-order valence-electron chi connectivity index (χ3n) is 5.78. The van der Waals surface area contributed by atoms with Gasteiger partial charge >= 0.3 is 6.09 Å². The van der Waals surface area contributed by atoms with E-state index in [0.717, 1.165) is 35.3 Å². The van der Waals surface area contributed by atoms with Crippen molar-refractivity contribution in [2.24, 2.45) is 0 Å². The first kappa shape index (κ1) is 25.4. The number of rotatable bonds is 7. The molecule has 35 heavy (non-hydrogen) atoms. The van der Waals surface area contributed by atoms with Gasteiger partial charge in [-0.25, -0.2) is 9.78 Å². The Hall–Kier alpha value is -2.69. The van der Waals surface area contributed by atoms with Crippen molar-refractivity contribution in [2.45, 2.75) is 65.0 Å². The highest BCUT2D eigenvalue weighted by molar-refractivity contribution is 7.81. The number of oxazole rings is 1. The van der Waals surface area contributed by atoms with Crippen LogP contribution < -0.4 is 4.31 Å². The summed E-state index contributed by atoms with van der Waals surface area (Å²) in [5, 5.41) is 0.567. The second-order valence-electron chi connectivity index (χ2n) is 9.54. The summed E-state index contributed by atoms with van der Waals surface area (Å²) in [5.41, 5.74) is 2.26. The van der Waals surface area contributed by atoms with E-state index in [2.05, 4.69) is 11.9 Å². The van der Waals surface area contributed by atoms with Crippen LogP contribution in [0.5, 0.6) is 0 Å². The van der Waals surface area contributed by atoms with Gasteiger partial charge in [0.2, 0.25) is 0 Å². The zero-order chi connectivity index (χ0) is 25.2. The average molecular weight is 517 g/mol. The van der Waals surface area contributed by atoms with Gasteiger partial charge in [0.15, 0.2) is 12.2 Å². The van der Waals surface area contributed by atoms with E-state index in [0.29, 0.717) is 29.4 Å². The first-order chi connectivity index (χ1) is 16.7. The highest BCUT2D eigenvalue weighted by Gasteiger charge is 2.31. The maximum Gasteiger partial charge on any atom is 0.410 e. The number of amides is 1. The molecule has 1 aliphatic rings. The van der Waals surface area contributed by atoms with Gasteiger partial charge < -0.3 is 18.6 Å². The van der Waals surface area contributed by atoms with E-state index in [1.165, 1.54) is 22.0 Å². The van der Waals surface area contributed by atoms with E-state index in [1.54, 1.807) is 12.3 Å². The van der Waals surface area contributed by atoms with E-state index in [9.17, 15) is 13.6 Å². The van der Waals surface area contributed by atoms with Gasteiger partial charge in [-0.1, -0.05) is 13.0 Å². The Labute approximate surface area is 212 Å². The van der Waals surface area contributed by atoms with Crippen LogP contribution in [-0.2, 0) is 28.8 Å². The van der Waals surface area contributed by atoms with Gasteiger partial charge in [-0.05, 0) is 81.8 Å². The number of hydrogen-bond donors (Lipinski definition) is 0. The van der Waals surface area contributed by atoms with Crippen molar-refractivity contribution in [2.75, 3.05) is 10.8 Å². The van der Waals surface area contributed by atoms with Crippen LogP contribution in [0.15, 0.2) is 47.3 Å². The minimum atomic E-state index is -2.49. The van der Waals surface area contributed by atoms with E-state index in [1.807, 2.05) is 49.9 Å². The minimum Gasteiger partial charge on any atom is -0.755 e. The Morgan fingerprint density at radius 1 is 1.29 bits per heavy atom. The molecule has 1 aromatic carbocycles. The lowest BCUT2D eigenvalue weighted by Gasteiger charge is -2.36. The Balaban J connectivity index is 1.55. The number of carbonyl (C=O) groups is 1. The molecule has 10 heteroatoms. The van der Waals surface area contributed by atoms with Crippen LogP contribution in [0.1, 0.15) is 51.7 Å². The van der Waals surface area contributed by atoms with Crippen molar-refractivity contribution in [3.63, 3.8) is 0 Å². The fourth-order valence-electron chi connectivity index (χ4n) is 4.29. The van der Waals surface area contributed by atoms with Crippen molar-refractivity contribution in [1.29, 1.82) is 0 Å². The van der Waals surface area contributed by atoms with E-state index < -0.39 is 16.9 Å². The largest absolute Gasteiger partial charge is 0.755 e. The molecule has 0 fully saturated rings. The molecule has 0 bridgehead atoms. The predicted octanol–water partition coefficient (Wildman–Crippen LogP) is 5.84. The Morgan fingerprint density at radius 2 is 2.09 bits per heavy atom. The lowest BCUT2D eigenvalue weighted by atomic mass is 9.87. The maximum absolute atomic E-state index is 12.8. The zero-order valence-corrected chi connectivity index (χ0v) is 22.0. The van der Waals surface area contributed by atoms with Gasteiger partial charge in [-0.15, -0.1) is 11.3 Å². The van der Waals surface area contributed by atoms with Gasteiger partial charge in [0.1, 0.15) is 10.6 Å². The predicted molar refractivity (Wildman–Crippen MR) is 136 cm³/mol. The molecule has 1 amide bonds. The van der Waals surface area contributed by atoms with E-state index >= 15 is 0 Å². The van der Waals surface area contributed by atoms with E-state index in [-0.39, 0.29) is 12.1 Å². The van der Waals surface area contributed by atoms with Crippen molar-refractivity contribution < 1.29 is 22.7 Å². The molecule has 2 aromatic heterocycles. The first-order valence-corrected chi connectivity index (χ1v) is 13.5. The monoisotopic (exact) mass is 516 g/mol. The summed E-state index contributed by atoms with van der Waals surface area (Å²) in [6.45, 7) is 8.32. The molecule has 0 saturated heterocycles. The number of aryl methyl sites for hydroxylation is 1. The number of anilines is 2. The molecule has 0 saturated carbocycles. The highest BCUT2D eigenvalue weighted by atomic mass is 32.2. The second kappa shape index (κ2) is 10.5. The molecule has 1 aliphatic carbocycles. The van der Waals surface area contributed by atoms with Crippen LogP contribution >= 0.6 is 11.3 Å². The Kier molecular flexibility index (Phi) is 7.63. The summed E-state index contributed by atoms with van der Waals surface area (Å²) >= 11 is -1.18. The number of nitrogens with zero attached hydrogens (tertiary/aromatic N) is 3. The van der Waals surface area contributed by atoms with Crippen molar-refractivity contribution in [3.8, 4) is 10.6 Å². The smallest absolute Gasteiger partial charge is 0.410 e. The maximum atomic E-state index is 12.8. The summed E-state index contributed by atoms with van der Waals surface area (Å²) in [6, 6.07) is 9.37. The van der Waals surface area contributed by atoms with Crippen LogP contribution in [0.2, 0.25) is 0 Å². The van der Waals surface area contributed by atoms with Crippen molar-refractivity contribution in [3.05, 3.63) is 54.0 Å². The summed E-state index contributed by atoms with van der Waals surface area (Å²) < 4.78 is 36.7. The number of aromatic nitrogens is 1. The van der Waals surface area contributed by atoms with Gasteiger partial charge in [-0.2, -0.15) is 0 Å². The van der Waals surface area contributed by atoms with Gasteiger partial charge in [0.25, 0.3) is 0 Å². The van der Waals surface area contributed by atoms with Crippen LogP contribution in [-0.4, -0.2) is 42.9 Å². The van der Waals surface area contributed by atoms with Crippen LogP contribution in [0, 0.1) is 0 Å². The molecule has 3 aromatic rings. The van der Waals surface area contributed by atoms with Gasteiger partial charge in [0.05, 0.1) is 28.0 Å². The molecule has 0 radical (unpaired) electrons. The lowest BCUT2D eigenvalue weighted by Crippen LogP contribution is -2.46. The number of hydrogen-bond acceptors (Lipinski definition) is 7. The number of carbonyl (C=O) groups excluding carboxylic acids is 1. The van der Waals surface area contributed by atoms with Crippen molar-refractivity contribution in [1.82, 2.24) is 9.88 Å². The molecule has 4 rings (SSSR count). The molecule has 2 unspecified atom stereocenters. The third-order valence-corrected chi connectivity index (χ3v) is 7.68. The summed E-state index contributed by atoms with van der Waals surface area (Å²) in [6.07, 6.45) is 5.78. The van der Waals surface area contributed by atoms with Gasteiger partial charge in [0, 0.05) is 12.6 Å². The first-order valence-electron chi connectivity index (χ1n) is 11.7. The Bertz CT molecular complexity index is 1190. The third kappa shape index (κ3) is 5.94. The summed E-state index contributed by atoms with van der Waals surface area (Å²) in [7, 11) is 0. The summed E-state index contributed by atoms with van der Waals surface area (Å²) in [5.74, 6) is 0.594. The quantitative estimate of drug-likeness (QED) is 0.366. The molecule has 8 nitrogen and oxygen atoms in total. The molecule has 2 atom stereocenters. The fourth-order valence-corrected chi connectivity index (χ4v) is 5.97. The molecular weight excluding hydrogens is 486 g/mol. The van der Waals surface area contributed by atoms with E-state index in [4.69, 9.17) is 9.15 Å². The number of thiophene rings is 1. The molecule has 0 aliphatic heterocycles. The standard InChI is InChI=1S/C25H31N3O5S2/c1-5-12-27(24(29)33-25(2,3)4)19-8-6-18-14-20(9-7-17(18)13-19)28(35(30)31)23-11-10-22(34-23)21-15-26-16-32-21/h7,9-11,14-16,19H,5-6,8,12-13H2,1-4H3,(H,30,31)/p-1. The Morgan fingerprint density at radius 3 is 2.74 bits per heavy atom. The molecule has 2 heterocycles. The SMILES string of the molecule is CCCN(C(=O)OC(C)(C)C)C1CCc2cc(N(c3ccc(-c4cnco4)s3)S(=O)[O-])ccc2C1. The normalized spacial score (nSPS) is 16.4. The topological polar surface area (TPSA) is 98.9 Å². The zero-order valence-electron chi connectivity index (χ0n) is 20.4. The lowest BCUT2D eigenvalue weighted by molar-refractivity contribution is 0.0146. The molecule has 0 spiro atoms. The minimum absolute atomic E-state index is 0.0506. The van der Waals surface area contributed by atoms with Crippen molar-refractivity contribution >= 4 is 39.4 Å². The van der Waals surface area contributed by atoms with Crippen LogP contribution in [0.4, 0.5) is 15.5 Å². The fraction of sp³-hybridized carbons (Fsp3) is 0.440. The highest BCUT2D eigenvalue weighted by Crippen LogP contribution is 2.39. The van der Waals surface area contributed by atoms with Gasteiger partial charge in [-0.3, -0.25) is 8.51 Å². The number of fused-ring (bicyclic) bond motifs is 1. The van der Waals surface area contributed by atoms with Crippen LogP contribution in [0.3, 0.4) is 0 Å².